The average molecular weight is 590 g/mol. The van der Waals surface area contributed by atoms with Crippen molar-refractivity contribution < 1.29 is 29.1 Å². The highest BCUT2D eigenvalue weighted by Gasteiger charge is 2.50. The lowest BCUT2D eigenvalue weighted by molar-refractivity contribution is -0.162. The van der Waals surface area contributed by atoms with Gasteiger partial charge in [0.1, 0.15) is 18.0 Å². The second-order valence-electron chi connectivity index (χ2n) is 11.9. The van der Waals surface area contributed by atoms with Gasteiger partial charge in [0.15, 0.2) is 0 Å². The number of pyridine rings is 1. The van der Waals surface area contributed by atoms with E-state index in [2.05, 4.69) is 15.4 Å². The number of aromatic nitrogens is 1. The zero-order valence-electron chi connectivity index (χ0n) is 25.2. The van der Waals surface area contributed by atoms with Crippen LogP contribution in [0, 0.1) is 6.92 Å². The molecule has 2 aliphatic rings. The Kier molecular flexibility index (Phi) is 8.59. The summed E-state index contributed by atoms with van der Waals surface area (Å²) in [6, 6.07) is 17.0. The molecule has 3 aromatic rings. The minimum absolute atomic E-state index is 0.361. The number of nitrogens with zero attached hydrogens (tertiary/aromatic N) is 3. The van der Waals surface area contributed by atoms with Crippen molar-refractivity contribution in [1.29, 1.82) is 0 Å². The first-order valence-corrected chi connectivity index (χ1v) is 14.4. The molecule has 3 heterocycles. The molecule has 0 spiro atoms. The maximum atomic E-state index is 13.0. The second-order valence-corrected chi connectivity index (χ2v) is 11.9. The number of benzene rings is 2. The Balaban J connectivity index is 1.27. The van der Waals surface area contributed by atoms with Crippen molar-refractivity contribution in [3.8, 4) is 5.75 Å². The van der Waals surface area contributed by atoms with Crippen LogP contribution in [-0.4, -0.2) is 75.4 Å². The quantitative estimate of drug-likeness (QED) is 0.275. The predicted octanol–water partition coefficient (Wildman–Crippen LogP) is 4.18. The highest BCUT2D eigenvalue weighted by Crippen LogP contribution is 2.33. The third-order valence-electron chi connectivity index (χ3n) is 7.77. The van der Waals surface area contributed by atoms with E-state index in [-0.39, 0.29) is 6.09 Å². The van der Waals surface area contributed by atoms with Crippen molar-refractivity contribution in [2.45, 2.75) is 58.5 Å². The van der Waals surface area contributed by atoms with Crippen molar-refractivity contribution in [3.05, 3.63) is 77.5 Å². The summed E-state index contributed by atoms with van der Waals surface area (Å²) >= 11 is 0. The van der Waals surface area contributed by atoms with Gasteiger partial charge in [-0.05, 0) is 82.7 Å². The molecule has 1 saturated heterocycles. The molecule has 2 aromatic carbocycles. The fourth-order valence-corrected chi connectivity index (χ4v) is 5.45. The van der Waals surface area contributed by atoms with Crippen molar-refractivity contribution in [1.82, 2.24) is 25.7 Å². The van der Waals surface area contributed by atoms with Gasteiger partial charge in [0.05, 0.1) is 17.3 Å². The zero-order valence-corrected chi connectivity index (χ0v) is 25.2. The Morgan fingerprint density at radius 2 is 1.81 bits per heavy atom. The van der Waals surface area contributed by atoms with Crippen molar-refractivity contribution in [3.63, 3.8) is 0 Å². The standard InChI is InChI=1S/C32H39N5O6/c1-21-18-24(26-8-6-7-9-27(26)33-21)20-41-25-12-10-23(11-13-25)28-19-32(43-35-28,29(38)34-40)22(2)36-14-16-37(17-15-36)30(39)42-31(3,4)5/h6-13,18-19,22,35,40H,14-17,20H2,1-5H3,(H,34,38). The summed E-state index contributed by atoms with van der Waals surface area (Å²) in [5.74, 6) is -0.00528. The first kappa shape index (κ1) is 30.3. The molecular weight excluding hydrogens is 550 g/mol. The minimum atomic E-state index is -1.51. The van der Waals surface area contributed by atoms with Gasteiger partial charge in [-0.2, -0.15) is 0 Å². The topological polar surface area (TPSA) is 125 Å². The molecule has 1 aromatic heterocycles. The number of para-hydroxylation sites is 1. The smallest absolute Gasteiger partial charge is 0.410 e. The Morgan fingerprint density at radius 3 is 2.49 bits per heavy atom. The zero-order chi connectivity index (χ0) is 30.8. The van der Waals surface area contributed by atoms with E-state index < -0.39 is 23.2 Å². The van der Waals surface area contributed by atoms with Gasteiger partial charge in [0.25, 0.3) is 5.91 Å². The fourth-order valence-electron chi connectivity index (χ4n) is 5.45. The molecule has 2 amide bonds. The Morgan fingerprint density at radius 1 is 1.12 bits per heavy atom. The summed E-state index contributed by atoms with van der Waals surface area (Å²) < 4.78 is 11.6. The Hall–Kier alpha value is -4.19. The summed E-state index contributed by atoms with van der Waals surface area (Å²) in [4.78, 5) is 39.7. The molecule has 2 atom stereocenters. The maximum absolute atomic E-state index is 13.0. The molecule has 0 aliphatic carbocycles. The summed E-state index contributed by atoms with van der Waals surface area (Å²) in [5, 5.41) is 10.7. The number of fused-ring (bicyclic) bond motifs is 1. The number of rotatable bonds is 7. The highest BCUT2D eigenvalue weighted by molar-refractivity contribution is 5.91. The van der Waals surface area contributed by atoms with E-state index in [1.165, 1.54) is 0 Å². The maximum Gasteiger partial charge on any atom is 0.410 e. The predicted molar refractivity (Wildman–Crippen MR) is 161 cm³/mol. The van der Waals surface area contributed by atoms with Gasteiger partial charge in [-0.1, -0.05) is 18.2 Å². The van der Waals surface area contributed by atoms with Gasteiger partial charge in [0, 0.05) is 42.8 Å². The van der Waals surface area contributed by atoms with E-state index in [1.807, 2.05) is 89.2 Å². The lowest BCUT2D eigenvalue weighted by atomic mass is 9.91. The van der Waals surface area contributed by atoms with Crippen LogP contribution >= 0.6 is 0 Å². The van der Waals surface area contributed by atoms with Crippen LogP contribution in [0.1, 0.15) is 44.5 Å². The molecule has 2 unspecified atom stereocenters. The largest absolute Gasteiger partial charge is 0.489 e. The van der Waals surface area contributed by atoms with E-state index in [0.29, 0.717) is 44.2 Å². The molecule has 1 fully saturated rings. The van der Waals surface area contributed by atoms with Crippen LogP contribution in [0.2, 0.25) is 0 Å². The molecule has 11 heteroatoms. The fraction of sp³-hybridized carbons (Fsp3) is 0.406. The van der Waals surface area contributed by atoms with Gasteiger partial charge >= 0.3 is 6.09 Å². The molecule has 2 aliphatic heterocycles. The molecule has 3 N–H and O–H groups in total. The minimum Gasteiger partial charge on any atom is -0.489 e. The number of carbonyl (C=O) groups excluding carboxylic acids is 2. The number of hydrogen-bond acceptors (Lipinski definition) is 9. The van der Waals surface area contributed by atoms with Crippen LogP contribution in [0.3, 0.4) is 0 Å². The van der Waals surface area contributed by atoms with E-state index in [9.17, 15) is 14.8 Å². The molecule has 43 heavy (non-hydrogen) atoms. The highest BCUT2D eigenvalue weighted by atomic mass is 16.7. The number of ether oxygens (including phenoxy) is 2. The molecule has 11 nitrogen and oxygen atoms in total. The SMILES string of the molecule is Cc1cc(COc2ccc(C3=CC(C(=O)NO)(C(C)N4CCN(C(=O)OC(C)(C)C)CC4)ON3)cc2)c2ccccc2n1. The Labute approximate surface area is 251 Å². The summed E-state index contributed by atoms with van der Waals surface area (Å²) in [6.07, 6.45) is 1.32. The third kappa shape index (κ3) is 6.58. The number of nitrogens with one attached hydrogen (secondary N) is 2. The summed E-state index contributed by atoms with van der Waals surface area (Å²) in [5.41, 5.74) is 6.87. The molecule has 228 valence electrons. The van der Waals surface area contributed by atoms with E-state index in [1.54, 1.807) is 16.5 Å². The summed E-state index contributed by atoms with van der Waals surface area (Å²) in [7, 11) is 0. The third-order valence-corrected chi connectivity index (χ3v) is 7.77. The summed E-state index contributed by atoms with van der Waals surface area (Å²) in [6.45, 7) is 11.6. The number of hydrogen-bond donors (Lipinski definition) is 3. The monoisotopic (exact) mass is 589 g/mol. The number of amides is 2. The first-order chi connectivity index (χ1) is 20.5. The van der Waals surface area contributed by atoms with Gasteiger partial charge in [-0.15, -0.1) is 0 Å². The first-order valence-electron chi connectivity index (χ1n) is 14.4. The number of aryl methyl sites for hydroxylation is 1. The molecule has 0 radical (unpaired) electrons. The Bertz CT molecular complexity index is 1510. The number of piperazine rings is 1. The van der Waals surface area contributed by atoms with Crippen molar-refractivity contribution >= 4 is 28.6 Å². The van der Waals surface area contributed by atoms with Crippen LogP contribution in [0.25, 0.3) is 16.6 Å². The molecule has 0 bridgehead atoms. The van der Waals surface area contributed by atoms with Crippen LogP contribution in [0.15, 0.2) is 60.7 Å². The van der Waals surface area contributed by atoms with Crippen molar-refractivity contribution in [2.24, 2.45) is 0 Å². The lowest BCUT2D eigenvalue weighted by Gasteiger charge is -2.42. The van der Waals surface area contributed by atoms with Crippen molar-refractivity contribution in [2.75, 3.05) is 26.2 Å². The normalized spacial score (nSPS) is 19.9. The number of hydroxylamine groups is 2. The van der Waals surface area contributed by atoms with Gasteiger partial charge in [0.2, 0.25) is 5.60 Å². The average Bonchev–Trinajstić information content (AvgIpc) is 3.45. The van der Waals surface area contributed by atoms with Gasteiger partial charge in [-0.3, -0.25) is 30.2 Å². The van der Waals surface area contributed by atoms with Crippen LogP contribution in [0.5, 0.6) is 5.75 Å². The second kappa shape index (κ2) is 12.2. The van der Waals surface area contributed by atoms with Crippen LogP contribution in [0.4, 0.5) is 4.79 Å². The van der Waals surface area contributed by atoms with E-state index in [0.717, 1.165) is 27.7 Å². The van der Waals surface area contributed by atoms with Gasteiger partial charge < -0.3 is 14.4 Å². The lowest BCUT2D eigenvalue weighted by Crippen LogP contribution is -2.62. The molecule has 5 rings (SSSR count). The van der Waals surface area contributed by atoms with Crippen LogP contribution < -0.4 is 15.7 Å². The molecule has 0 saturated carbocycles. The van der Waals surface area contributed by atoms with Gasteiger partial charge in [-0.25, -0.2) is 10.3 Å². The van der Waals surface area contributed by atoms with Crippen LogP contribution in [-0.2, 0) is 21.0 Å². The molecular formula is C32H39N5O6. The number of carbonyl (C=O) groups is 2. The van der Waals surface area contributed by atoms with E-state index in [4.69, 9.17) is 14.3 Å². The van der Waals surface area contributed by atoms with E-state index >= 15 is 0 Å².